The SMILES string of the molecule is C1=C(c2cccc(-c3cccc4c3oc3ccccc34)c2)c2c(c3ccc4ccccc4c3n2-c2cccc(-c3nc(-c4ccccc4)nc(-c4ccccc4)n3)c2)C2CC12. The van der Waals surface area contributed by atoms with Crippen LogP contribution in [0.5, 0.6) is 0 Å². The number of hydrogen-bond donors (Lipinski definition) is 0. The maximum absolute atomic E-state index is 6.54. The van der Waals surface area contributed by atoms with Gasteiger partial charge in [0.25, 0.3) is 0 Å². The van der Waals surface area contributed by atoms with Crippen LogP contribution < -0.4 is 0 Å². The molecule has 2 atom stereocenters. The van der Waals surface area contributed by atoms with Gasteiger partial charge >= 0.3 is 0 Å². The van der Waals surface area contributed by atoms with Gasteiger partial charge in [0.05, 0.1) is 11.2 Å². The number of furan rings is 1. The van der Waals surface area contributed by atoms with Gasteiger partial charge in [0, 0.05) is 55.1 Å². The number of rotatable bonds is 6. The molecule has 2 aliphatic carbocycles. The Kier molecular flexibility index (Phi) is 7.43. The van der Waals surface area contributed by atoms with E-state index in [1.807, 2.05) is 42.5 Å². The molecule has 2 aliphatic rings. The highest BCUT2D eigenvalue weighted by Crippen LogP contribution is 2.59. The van der Waals surface area contributed by atoms with Crippen LogP contribution in [0, 0.1) is 5.92 Å². The highest BCUT2D eigenvalue weighted by Gasteiger charge is 2.45. The van der Waals surface area contributed by atoms with Gasteiger partial charge in [-0.3, -0.25) is 0 Å². The van der Waals surface area contributed by atoms with E-state index in [-0.39, 0.29) is 0 Å². The summed E-state index contributed by atoms with van der Waals surface area (Å²) in [6.45, 7) is 0. The van der Waals surface area contributed by atoms with Crippen molar-refractivity contribution in [1.82, 2.24) is 19.5 Å². The predicted molar refractivity (Wildman–Crippen MR) is 248 cm³/mol. The highest BCUT2D eigenvalue weighted by molar-refractivity contribution is 6.12. The second kappa shape index (κ2) is 13.3. The summed E-state index contributed by atoms with van der Waals surface area (Å²) in [5.41, 5.74) is 14.3. The van der Waals surface area contributed by atoms with Gasteiger partial charge in [0.2, 0.25) is 0 Å². The molecule has 0 bridgehead atoms. The minimum atomic E-state index is 0.477. The Morgan fingerprint density at radius 1 is 0.475 bits per heavy atom. The van der Waals surface area contributed by atoms with Gasteiger partial charge in [0.1, 0.15) is 11.2 Å². The largest absolute Gasteiger partial charge is 0.455 e. The van der Waals surface area contributed by atoms with E-state index in [0.29, 0.717) is 29.3 Å². The number of fused-ring (bicyclic) bond motifs is 10. The average molecular weight is 781 g/mol. The molecule has 3 aromatic heterocycles. The maximum atomic E-state index is 6.54. The lowest BCUT2D eigenvalue weighted by Crippen LogP contribution is -2.07. The van der Waals surface area contributed by atoms with Crippen LogP contribution in [0.4, 0.5) is 0 Å². The van der Waals surface area contributed by atoms with Gasteiger partial charge in [-0.2, -0.15) is 0 Å². The van der Waals surface area contributed by atoms with Crippen LogP contribution in [0.25, 0.3) is 100 Å². The molecule has 0 aliphatic heterocycles. The lowest BCUT2D eigenvalue weighted by atomic mass is 9.89. The second-order valence-electron chi connectivity index (χ2n) is 16.3. The topological polar surface area (TPSA) is 56.7 Å². The molecular weight excluding hydrogens is 745 g/mol. The van der Waals surface area contributed by atoms with E-state index >= 15 is 0 Å². The van der Waals surface area contributed by atoms with Crippen LogP contribution in [0.15, 0.2) is 199 Å². The van der Waals surface area contributed by atoms with Gasteiger partial charge in [0.15, 0.2) is 17.5 Å². The smallest absolute Gasteiger partial charge is 0.164 e. The summed E-state index contributed by atoms with van der Waals surface area (Å²) in [5, 5.41) is 6.05. The van der Waals surface area contributed by atoms with Crippen molar-refractivity contribution in [2.45, 2.75) is 12.3 Å². The normalized spacial score (nSPS) is 15.6. The van der Waals surface area contributed by atoms with Crippen molar-refractivity contribution in [2.24, 2.45) is 5.92 Å². The quantitative estimate of drug-likeness (QED) is 0.169. The number of para-hydroxylation sites is 2. The number of benzene rings is 8. The minimum Gasteiger partial charge on any atom is -0.455 e. The molecule has 0 radical (unpaired) electrons. The summed E-state index contributed by atoms with van der Waals surface area (Å²) >= 11 is 0. The van der Waals surface area contributed by atoms with E-state index in [0.717, 1.165) is 61.9 Å². The zero-order chi connectivity index (χ0) is 40.0. The Morgan fingerprint density at radius 3 is 1.90 bits per heavy atom. The van der Waals surface area contributed by atoms with Crippen molar-refractivity contribution in [3.8, 4) is 51.0 Å². The first kappa shape index (κ1) is 34.0. The molecule has 1 fully saturated rings. The summed E-state index contributed by atoms with van der Waals surface area (Å²) in [6.07, 6.45) is 3.69. The van der Waals surface area contributed by atoms with E-state index in [9.17, 15) is 0 Å². The minimum absolute atomic E-state index is 0.477. The third-order valence-electron chi connectivity index (χ3n) is 12.7. The van der Waals surface area contributed by atoms with E-state index in [1.54, 1.807) is 0 Å². The van der Waals surface area contributed by atoms with E-state index in [2.05, 4.69) is 156 Å². The molecule has 5 nitrogen and oxygen atoms in total. The first-order valence-corrected chi connectivity index (χ1v) is 21.0. The molecule has 1 saturated carbocycles. The third kappa shape index (κ3) is 5.44. The lowest BCUT2D eigenvalue weighted by molar-refractivity contribution is 0.670. The summed E-state index contributed by atoms with van der Waals surface area (Å²) < 4.78 is 9.07. The monoisotopic (exact) mass is 780 g/mol. The van der Waals surface area contributed by atoms with Crippen molar-refractivity contribution in [2.75, 3.05) is 0 Å². The average Bonchev–Trinajstić information content (AvgIpc) is 3.89. The summed E-state index contributed by atoms with van der Waals surface area (Å²) in [5.74, 6) is 2.90. The first-order valence-electron chi connectivity index (χ1n) is 21.0. The molecule has 11 aromatic rings. The molecule has 13 rings (SSSR count). The van der Waals surface area contributed by atoms with E-state index < -0.39 is 0 Å². The first-order chi connectivity index (χ1) is 30.2. The van der Waals surface area contributed by atoms with Crippen molar-refractivity contribution in [1.29, 1.82) is 0 Å². The van der Waals surface area contributed by atoms with Crippen molar-refractivity contribution in [3.05, 3.63) is 211 Å². The van der Waals surface area contributed by atoms with Crippen LogP contribution in [0.2, 0.25) is 0 Å². The van der Waals surface area contributed by atoms with Gasteiger partial charge in [-0.05, 0) is 64.6 Å². The van der Waals surface area contributed by atoms with Gasteiger partial charge in [-0.25, -0.2) is 15.0 Å². The molecule has 8 aromatic carbocycles. The molecule has 0 spiro atoms. The zero-order valence-corrected chi connectivity index (χ0v) is 33.0. The highest BCUT2D eigenvalue weighted by atomic mass is 16.3. The second-order valence-corrected chi connectivity index (χ2v) is 16.3. The van der Waals surface area contributed by atoms with Crippen LogP contribution in [-0.2, 0) is 0 Å². The van der Waals surface area contributed by atoms with Crippen molar-refractivity contribution < 1.29 is 4.42 Å². The van der Waals surface area contributed by atoms with Crippen LogP contribution >= 0.6 is 0 Å². The third-order valence-corrected chi connectivity index (χ3v) is 12.7. The molecule has 2 unspecified atom stereocenters. The fourth-order valence-electron chi connectivity index (χ4n) is 9.78. The molecular formula is C56H36N4O. The summed E-state index contributed by atoms with van der Waals surface area (Å²) in [7, 11) is 0. The van der Waals surface area contributed by atoms with Crippen LogP contribution in [0.1, 0.15) is 29.2 Å². The Labute approximate surface area is 351 Å². The summed E-state index contributed by atoms with van der Waals surface area (Å²) in [6, 6.07) is 66.4. The van der Waals surface area contributed by atoms with E-state index in [4.69, 9.17) is 19.4 Å². The number of nitrogens with zero attached hydrogens (tertiary/aromatic N) is 4. The maximum Gasteiger partial charge on any atom is 0.164 e. The molecule has 61 heavy (non-hydrogen) atoms. The fourth-order valence-corrected chi connectivity index (χ4v) is 9.78. The Bertz CT molecular complexity index is 3520. The summed E-state index contributed by atoms with van der Waals surface area (Å²) in [4.78, 5) is 15.2. The van der Waals surface area contributed by atoms with E-state index in [1.165, 1.54) is 44.1 Å². The lowest BCUT2D eigenvalue weighted by Gasteiger charge is -2.20. The predicted octanol–water partition coefficient (Wildman–Crippen LogP) is 14.1. The van der Waals surface area contributed by atoms with Gasteiger partial charge in [-0.15, -0.1) is 0 Å². The Hall–Kier alpha value is -7.89. The number of hydrogen-bond acceptors (Lipinski definition) is 4. The number of aromatic nitrogens is 4. The molecule has 0 N–H and O–H groups in total. The molecule has 286 valence electrons. The number of allylic oxidation sites excluding steroid dienone is 1. The van der Waals surface area contributed by atoms with Crippen molar-refractivity contribution >= 4 is 49.2 Å². The molecule has 3 heterocycles. The zero-order valence-electron chi connectivity index (χ0n) is 33.0. The standard InChI is InChI=1S/C56H36N4O/c1-3-15-35(16-4-1)54-57-55(36-17-5-2-6-18-36)59-56(58-54)39-21-12-22-41(31-39)60-51-42-23-8-7-14-34(42)28-29-46(51)50-47-32-40(47)33-48(52(50)60)38-20-11-19-37(30-38)43-25-13-26-45-44-24-9-10-27-49(44)61-53(43)45/h1-31,33,40,47H,32H2. The molecule has 0 amide bonds. The van der Waals surface area contributed by atoms with Crippen LogP contribution in [-0.4, -0.2) is 19.5 Å². The van der Waals surface area contributed by atoms with Crippen molar-refractivity contribution in [3.63, 3.8) is 0 Å². The molecule has 5 heteroatoms. The van der Waals surface area contributed by atoms with Gasteiger partial charge < -0.3 is 8.98 Å². The molecule has 0 saturated heterocycles. The Balaban J connectivity index is 1.03. The Morgan fingerprint density at radius 2 is 1.10 bits per heavy atom. The van der Waals surface area contributed by atoms with Crippen LogP contribution in [0.3, 0.4) is 0 Å². The fraction of sp³-hybridized carbons (Fsp3) is 0.0536. The van der Waals surface area contributed by atoms with Gasteiger partial charge in [-0.1, -0.05) is 170 Å².